The van der Waals surface area contributed by atoms with E-state index in [0.29, 0.717) is 19.1 Å². The molecule has 0 amide bonds. The van der Waals surface area contributed by atoms with Gasteiger partial charge in [0, 0.05) is 12.6 Å². The van der Waals surface area contributed by atoms with Crippen molar-refractivity contribution in [1.29, 1.82) is 0 Å². The highest BCUT2D eigenvalue weighted by atomic mass is 19.4. The summed E-state index contributed by atoms with van der Waals surface area (Å²) in [4.78, 5) is 1.50. The second-order valence-corrected chi connectivity index (χ2v) is 6.11. The molecule has 0 radical (unpaired) electrons. The molecular formula is C12H23F3N2. The zero-order valence-electron chi connectivity index (χ0n) is 10.9. The van der Waals surface area contributed by atoms with Crippen molar-refractivity contribution in [3.8, 4) is 0 Å². The molecule has 0 aliphatic carbocycles. The van der Waals surface area contributed by atoms with Gasteiger partial charge in [0.25, 0.3) is 0 Å². The Hall–Kier alpha value is -0.290. The molecule has 1 rings (SSSR count). The van der Waals surface area contributed by atoms with Crippen molar-refractivity contribution in [1.82, 2.24) is 10.2 Å². The van der Waals surface area contributed by atoms with Crippen molar-refractivity contribution < 1.29 is 13.2 Å². The maximum atomic E-state index is 12.2. The van der Waals surface area contributed by atoms with Crippen LogP contribution >= 0.6 is 0 Å². The Balaban J connectivity index is 2.22. The molecule has 1 saturated heterocycles. The maximum absolute atomic E-state index is 12.2. The molecule has 1 aliphatic rings. The number of nitrogens with one attached hydrogen (secondary N) is 1. The van der Waals surface area contributed by atoms with Crippen molar-refractivity contribution in [2.24, 2.45) is 5.41 Å². The standard InChI is InChI=1S/C12H23F3N2/c1-11(2,3)8-16-10-4-6-17(7-5-10)9-12(13,14)15/h10,16H,4-9H2,1-3H3. The Labute approximate surface area is 102 Å². The summed E-state index contributed by atoms with van der Waals surface area (Å²) in [5.41, 5.74) is 0.225. The fraction of sp³-hybridized carbons (Fsp3) is 1.00. The van der Waals surface area contributed by atoms with Gasteiger partial charge >= 0.3 is 6.18 Å². The number of hydrogen-bond donors (Lipinski definition) is 1. The first-order valence-corrected chi connectivity index (χ1v) is 6.18. The Morgan fingerprint density at radius 2 is 1.65 bits per heavy atom. The molecule has 17 heavy (non-hydrogen) atoms. The average molecular weight is 252 g/mol. The second-order valence-electron chi connectivity index (χ2n) is 6.11. The molecule has 0 spiro atoms. The molecule has 0 aromatic carbocycles. The predicted octanol–water partition coefficient (Wildman–Crippen LogP) is 2.65. The van der Waals surface area contributed by atoms with E-state index in [1.165, 1.54) is 4.90 Å². The first-order valence-electron chi connectivity index (χ1n) is 6.18. The summed E-state index contributed by atoms with van der Waals surface area (Å²) >= 11 is 0. The maximum Gasteiger partial charge on any atom is 0.401 e. The molecule has 5 heteroatoms. The van der Waals surface area contributed by atoms with Crippen molar-refractivity contribution in [3.63, 3.8) is 0 Å². The van der Waals surface area contributed by atoms with E-state index in [-0.39, 0.29) is 5.41 Å². The lowest BCUT2D eigenvalue weighted by Gasteiger charge is -2.34. The van der Waals surface area contributed by atoms with Crippen LogP contribution in [-0.4, -0.2) is 43.3 Å². The van der Waals surface area contributed by atoms with Gasteiger partial charge in [0.2, 0.25) is 0 Å². The van der Waals surface area contributed by atoms with Crippen molar-refractivity contribution >= 4 is 0 Å². The summed E-state index contributed by atoms with van der Waals surface area (Å²) in [6, 6.07) is 0.374. The summed E-state index contributed by atoms with van der Waals surface area (Å²) in [5, 5.41) is 3.44. The van der Waals surface area contributed by atoms with Gasteiger partial charge in [0.05, 0.1) is 6.54 Å². The number of halogens is 3. The van der Waals surface area contributed by atoms with Crippen LogP contribution in [0.1, 0.15) is 33.6 Å². The molecule has 0 saturated carbocycles. The lowest BCUT2D eigenvalue weighted by atomic mass is 9.95. The topological polar surface area (TPSA) is 15.3 Å². The Morgan fingerprint density at radius 3 is 2.06 bits per heavy atom. The first kappa shape index (κ1) is 14.8. The van der Waals surface area contributed by atoms with Gasteiger partial charge in [-0.3, -0.25) is 4.90 Å². The summed E-state index contributed by atoms with van der Waals surface area (Å²) < 4.78 is 36.6. The van der Waals surface area contributed by atoms with Crippen LogP contribution < -0.4 is 5.32 Å². The van der Waals surface area contributed by atoms with Gasteiger partial charge in [0.15, 0.2) is 0 Å². The fourth-order valence-electron chi connectivity index (χ4n) is 2.00. The minimum absolute atomic E-state index is 0.225. The molecule has 1 aliphatic heterocycles. The molecule has 1 N–H and O–H groups in total. The quantitative estimate of drug-likeness (QED) is 0.830. The molecular weight excluding hydrogens is 229 g/mol. The smallest absolute Gasteiger partial charge is 0.313 e. The van der Waals surface area contributed by atoms with Gasteiger partial charge in [-0.25, -0.2) is 0 Å². The third-order valence-corrected chi connectivity index (χ3v) is 2.91. The lowest BCUT2D eigenvalue weighted by Crippen LogP contribution is -2.47. The molecule has 0 bridgehead atoms. The van der Waals surface area contributed by atoms with Crippen molar-refractivity contribution in [2.75, 3.05) is 26.2 Å². The van der Waals surface area contributed by atoms with E-state index in [2.05, 4.69) is 26.1 Å². The van der Waals surface area contributed by atoms with Gasteiger partial charge in [-0.2, -0.15) is 13.2 Å². The zero-order valence-corrected chi connectivity index (χ0v) is 10.9. The highest BCUT2D eigenvalue weighted by Crippen LogP contribution is 2.20. The van der Waals surface area contributed by atoms with Crippen LogP contribution in [0, 0.1) is 5.41 Å². The van der Waals surface area contributed by atoms with Gasteiger partial charge in [0.1, 0.15) is 0 Å². The van der Waals surface area contributed by atoms with Crippen LogP contribution in [-0.2, 0) is 0 Å². The Kier molecular flexibility index (Phi) is 4.84. The van der Waals surface area contributed by atoms with Crippen LogP contribution in [0.4, 0.5) is 13.2 Å². The second kappa shape index (κ2) is 5.57. The van der Waals surface area contributed by atoms with E-state index >= 15 is 0 Å². The van der Waals surface area contributed by atoms with E-state index in [1.54, 1.807) is 0 Å². The van der Waals surface area contributed by atoms with Crippen LogP contribution in [0.25, 0.3) is 0 Å². The highest BCUT2D eigenvalue weighted by Gasteiger charge is 2.32. The van der Waals surface area contributed by atoms with E-state index in [1.807, 2.05) is 0 Å². The SMILES string of the molecule is CC(C)(C)CNC1CCN(CC(F)(F)F)CC1. The molecule has 2 nitrogen and oxygen atoms in total. The molecule has 1 heterocycles. The Bertz CT molecular complexity index is 225. The number of rotatable bonds is 3. The van der Waals surface area contributed by atoms with E-state index < -0.39 is 12.7 Å². The average Bonchev–Trinajstić information content (AvgIpc) is 2.13. The highest BCUT2D eigenvalue weighted by molar-refractivity contribution is 4.80. The van der Waals surface area contributed by atoms with E-state index in [9.17, 15) is 13.2 Å². The molecule has 0 aromatic rings. The fourth-order valence-corrected chi connectivity index (χ4v) is 2.00. The normalized spacial score (nSPS) is 20.8. The largest absolute Gasteiger partial charge is 0.401 e. The lowest BCUT2D eigenvalue weighted by molar-refractivity contribution is -0.148. The van der Waals surface area contributed by atoms with Crippen LogP contribution in [0.3, 0.4) is 0 Å². The number of alkyl halides is 3. The van der Waals surface area contributed by atoms with Gasteiger partial charge in [-0.05, 0) is 31.3 Å². The number of piperidine rings is 1. The summed E-state index contributed by atoms with van der Waals surface area (Å²) in [6.07, 6.45) is -2.44. The van der Waals surface area contributed by atoms with Crippen LogP contribution in [0.2, 0.25) is 0 Å². The Morgan fingerprint density at radius 1 is 1.12 bits per heavy atom. The van der Waals surface area contributed by atoms with Gasteiger partial charge < -0.3 is 5.32 Å². The summed E-state index contributed by atoms with van der Waals surface area (Å²) in [6.45, 7) is 7.69. The van der Waals surface area contributed by atoms with Crippen molar-refractivity contribution in [3.05, 3.63) is 0 Å². The minimum atomic E-state index is -4.06. The zero-order chi connectivity index (χ0) is 13.1. The molecule has 102 valence electrons. The first-order chi connectivity index (χ1) is 7.66. The molecule has 0 aromatic heterocycles. The molecule has 0 atom stereocenters. The molecule has 0 unspecified atom stereocenters. The van der Waals surface area contributed by atoms with E-state index in [4.69, 9.17) is 0 Å². The predicted molar refractivity (Wildman–Crippen MR) is 63.0 cm³/mol. The minimum Gasteiger partial charge on any atom is -0.313 e. The number of likely N-dealkylation sites (tertiary alicyclic amines) is 1. The number of nitrogens with zero attached hydrogens (tertiary/aromatic N) is 1. The number of hydrogen-bond acceptors (Lipinski definition) is 2. The van der Waals surface area contributed by atoms with Gasteiger partial charge in [-0.15, -0.1) is 0 Å². The third-order valence-electron chi connectivity index (χ3n) is 2.91. The van der Waals surface area contributed by atoms with Gasteiger partial charge in [-0.1, -0.05) is 20.8 Å². The van der Waals surface area contributed by atoms with E-state index in [0.717, 1.165) is 19.4 Å². The molecule has 1 fully saturated rings. The summed E-state index contributed by atoms with van der Waals surface area (Å²) in [5.74, 6) is 0. The van der Waals surface area contributed by atoms with Crippen LogP contribution in [0.15, 0.2) is 0 Å². The third kappa shape index (κ3) is 6.88. The monoisotopic (exact) mass is 252 g/mol. The van der Waals surface area contributed by atoms with Crippen LogP contribution in [0.5, 0.6) is 0 Å². The summed E-state index contributed by atoms with van der Waals surface area (Å²) in [7, 11) is 0. The van der Waals surface area contributed by atoms with Crippen molar-refractivity contribution in [2.45, 2.75) is 45.8 Å².